The summed E-state index contributed by atoms with van der Waals surface area (Å²) in [4.78, 5) is 22.6. The first-order valence-electron chi connectivity index (χ1n) is 7.70. The summed E-state index contributed by atoms with van der Waals surface area (Å²) in [7, 11) is 0. The van der Waals surface area contributed by atoms with Gasteiger partial charge in [0.2, 0.25) is 0 Å². The SMILES string of the molecule is CC(=O)c1c(C)cc(C)c(COc2cc(C)ccc2[N+](=O)[O-])c1C. The lowest BCUT2D eigenvalue weighted by Crippen LogP contribution is -2.09. The van der Waals surface area contributed by atoms with Crippen molar-refractivity contribution in [2.24, 2.45) is 0 Å². The van der Waals surface area contributed by atoms with Crippen LogP contribution in [0.25, 0.3) is 0 Å². The Morgan fingerprint density at radius 1 is 1.12 bits per heavy atom. The van der Waals surface area contributed by atoms with Crippen LogP contribution in [-0.4, -0.2) is 10.7 Å². The highest BCUT2D eigenvalue weighted by Crippen LogP contribution is 2.30. The summed E-state index contributed by atoms with van der Waals surface area (Å²) in [5.74, 6) is 0.247. The van der Waals surface area contributed by atoms with Gasteiger partial charge in [-0.25, -0.2) is 0 Å². The molecule has 0 bridgehead atoms. The van der Waals surface area contributed by atoms with Crippen molar-refractivity contribution in [1.82, 2.24) is 0 Å². The minimum absolute atomic E-state index is 0.00721. The fourth-order valence-electron chi connectivity index (χ4n) is 3.03. The van der Waals surface area contributed by atoms with Gasteiger partial charge >= 0.3 is 5.69 Å². The molecule has 0 aliphatic carbocycles. The lowest BCUT2D eigenvalue weighted by molar-refractivity contribution is -0.386. The second-order valence-corrected chi connectivity index (χ2v) is 6.06. The molecule has 0 heterocycles. The standard InChI is InChI=1S/C19H21NO4/c1-11-6-7-17(20(22)23)18(8-11)24-10-16-12(2)9-13(3)19(14(16)4)15(5)21/h6-9H,10H2,1-5H3. The van der Waals surface area contributed by atoms with Gasteiger partial charge in [0.05, 0.1) is 4.92 Å². The van der Waals surface area contributed by atoms with Gasteiger partial charge in [0.25, 0.3) is 0 Å². The monoisotopic (exact) mass is 327 g/mol. The molecule has 0 radical (unpaired) electrons. The summed E-state index contributed by atoms with van der Waals surface area (Å²) < 4.78 is 5.75. The molecule has 0 aliphatic rings. The highest BCUT2D eigenvalue weighted by Gasteiger charge is 2.18. The second kappa shape index (κ2) is 6.83. The van der Waals surface area contributed by atoms with E-state index < -0.39 is 4.92 Å². The average molecular weight is 327 g/mol. The average Bonchev–Trinajstić information content (AvgIpc) is 2.45. The molecule has 0 N–H and O–H groups in total. The van der Waals surface area contributed by atoms with Crippen molar-refractivity contribution in [2.45, 2.75) is 41.2 Å². The number of carbonyl (C=O) groups excluding carboxylic acids is 1. The summed E-state index contributed by atoms with van der Waals surface area (Å²) in [6.07, 6.45) is 0. The van der Waals surface area contributed by atoms with E-state index in [1.807, 2.05) is 33.8 Å². The number of ketones is 1. The van der Waals surface area contributed by atoms with E-state index in [1.54, 1.807) is 19.1 Å². The molecule has 0 aliphatic heterocycles. The van der Waals surface area contributed by atoms with Crippen LogP contribution in [-0.2, 0) is 6.61 Å². The van der Waals surface area contributed by atoms with Crippen molar-refractivity contribution in [3.63, 3.8) is 0 Å². The summed E-state index contributed by atoms with van der Waals surface area (Å²) >= 11 is 0. The molecule has 126 valence electrons. The predicted octanol–water partition coefficient (Wildman–Crippen LogP) is 4.61. The van der Waals surface area contributed by atoms with Crippen molar-refractivity contribution in [3.05, 3.63) is 67.8 Å². The smallest absolute Gasteiger partial charge is 0.310 e. The van der Waals surface area contributed by atoms with Crippen LogP contribution in [0.5, 0.6) is 5.75 Å². The number of nitro benzene ring substituents is 1. The molecular formula is C19H21NO4. The molecule has 0 atom stereocenters. The topological polar surface area (TPSA) is 69.4 Å². The van der Waals surface area contributed by atoms with Gasteiger partial charge < -0.3 is 4.74 Å². The molecule has 0 unspecified atom stereocenters. The van der Waals surface area contributed by atoms with Crippen LogP contribution < -0.4 is 4.74 Å². The molecule has 0 spiro atoms. The van der Waals surface area contributed by atoms with E-state index in [2.05, 4.69) is 0 Å². The van der Waals surface area contributed by atoms with Gasteiger partial charge in [-0.05, 0) is 68.5 Å². The summed E-state index contributed by atoms with van der Waals surface area (Å²) in [5, 5.41) is 11.1. The van der Waals surface area contributed by atoms with Crippen molar-refractivity contribution in [3.8, 4) is 5.75 Å². The molecule has 0 amide bonds. The fourth-order valence-corrected chi connectivity index (χ4v) is 3.03. The Kier molecular flexibility index (Phi) is 5.02. The van der Waals surface area contributed by atoms with Crippen LogP contribution in [0.1, 0.15) is 45.1 Å². The lowest BCUT2D eigenvalue weighted by atomic mass is 9.92. The molecule has 0 fully saturated rings. The first-order valence-corrected chi connectivity index (χ1v) is 7.70. The number of carbonyl (C=O) groups is 1. The van der Waals surface area contributed by atoms with Gasteiger partial charge in [0.1, 0.15) is 6.61 Å². The molecular weight excluding hydrogens is 306 g/mol. The Balaban J connectivity index is 2.40. The number of Topliss-reactive ketones (excluding diaryl/α,β-unsaturated/α-hetero) is 1. The largest absolute Gasteiger partial charge is 0.482 e. The zero-order valence-electron chi connectivity index (χ0n) is 14.6. The van der Waals surface area contributed by atoms with E-state index in [-0.39, 0.29) is 23.8 Å². The minimum atomic E-state index is -0.454. The molecule has 5 nitrogen and oxygen atoms in total. The lowest BCUT2D eigenvalue weighted by Gasteiger charge is -2.16. The van der Waals surface area contributed by atoms with Crippen molar-refractivity contribution < 1.29 is 14.5 Å². The first-order chi connectivity index (χ1) is 11.2. The number of nitro groups is 1. The summed E-state index contributed by atoms with van der Waals surface area (Å²) in [5.41, 5.74) is 5.22. The number of hydrogen-bond acceptors (Lipinski definition) is 4. The van der Waals surface area contributed by atoms with Crippen LogP contribution in [0.2, 0.25) is 0 Å². The van der Waals surface area contributed by atoms with Crippen LogP contribution in [0, 0.1) is 37.8 Å². The Morgan fingerprint density at radius 3 is 2.38 bits per heavy atom. The third-order valence-corrected chi connectivity index (χ3v) is 4.17. The van der Waals surface area contributed by atoms with Crippen LogP contribution >= 0.6 is 0 Å². The zero-order chi connectivity index (χ0) is 18.0. The van der Waals surface area contributed by atoms with Gasteiger partial charge in [0.15, 0.2) is 11.5 Å². The molecule has 24 heavy (non-hydrogen) atoms. The highest BCUT2D eigenvalue weighted by molar-refractivity contribution is 5.97. The molecule has 2 aromatic carbocycles. The molecule has 2 aromatic rings. The second-order valence-electron chi connectivity index (χ2n) is 6.06. The predicted molar refractivity (Wildman–Crippen MR) is 92.8 cm³/mol. The maximum Gasteiger partial charge on any atom is 0.310 e. The third-order valence-electron chi connectivity index (χ3n) is 4.17. The van der Waals surface area contributed by atoms with E-state index in [0.29, 0.717) is 5.56 Å². The number of aryl methyl sites for hydroxylation is 3. The molecule has 0 saturated heterocycles. The molecule has 5 heteroatoms. The van der Waals surface area contributed by atoms with Crippen LogP contribution in [0.4, 0.5) is 5.69 Å². The number of nitrogens with zero attached hydrogens (tertiary/aromatic N) is 1. The molecule has 0 saturated carbocycles. The molecule has 2 rings (SSSR count). The Bertz CT molecular complexity index is 825. The molecule has 0 aromatic heterocycles. The maximum absolute atomic E-state index is 11.9. The number of ether oxygens (including phenoxy) is 1. The van der Waals surface area contributed by atoms with Crippen molar-refractivity contribution in [1.29, 1.82) is 0 Å². The van der Waals surface area contributed by atoms with E-state index >= 15 is 0 Å². The third kappa shape index (κ3) is 3.45. The van der Waals surface area contributed by atoms with Crippen molar-refractivity contribution >= 4 is 11.5 Å². The normalized spacial score (nSPS) is 10.5. The summed E-state index contributed by atoms with van der Waals surface area (Å²) in [6.45, 7) is 9.33. The maximum atomic E-state index is 11.9. The van der Waals surface area contributed by atoms with Gasteiger partial charge in [-0.1, -0.05) is 12.1 Å². The van der Waals surface area contributed by atoms with Crippen molar-refractivity contribution in [2.75, 3.05) is 0 Å². The number of benzene rings is 2. The number of rotatable bonds is 5. The van der Waals surface area contributed by atoms with E-state index in [0.717, 1.165) is 27.8 Å². The summed E-state index contributed by atoms with van der Waals surface area (Å²) in [6, 6.07) is 6.73. The first kappa shape index (κ1) is 17.7. The van der Waals surface area contributed by atoms with Gasteiger partial charge in [-0.3, -0.25) is 14.9 Å². The van der Waals surface area contributed by atoms with Crippen LogP contribution in [0.3, 0.4) is 0 Å². The van der Waals surface area contributed by atoms with Crippen LogP contribution in [0.15, 0.2) is 24.3 Å². The van der Waals surface area contributed by atoms with Gasteiger partial charge in [-0.15, -0.1) is 0 Å². The zero-order valence-corrected chi connectivity index (χ0v) is 14.6. The number of hydrogen-bond donors (Lipinski definition) is 0. The van der Waals surface area contributed by atoms with Gasteiger partial charge in [-0.2, -0.15) is 0 Å². The van der Waals surface area contributed by atoms with Gasteiger partial charge in [0, 0.05) is 11.6 Å². The fraction of sp³-hybridized carbons (Fsp3) is 0.316. The Hall–Kier alpha value is -2.69. The van der Waals surface area contributed by atoms with E-state index in [4.69, 9.17) is 4.74 Å². The quantitative estimate of drug-likeness (QED) is 0.457. The van der Waals surface area contributed by atoms with E-state index in [9.17, 15) is 14.9 Å². The minimum Gasteiger partial charge on any atom is -0.482 e. The highest BCUT2D eigenvalue weighted by atomic mass is 16.6. The Morgan fingerprint density at radius 2 is 1.79 bits per heavy atom. The van der Waals surface area contributed by atoms with E-state index in [1.165, 1.54) is 6.07 Å². The Labute approximate surface area is 141 Å².